The second kappa shape index (κ2) is 5.35. The number of aromatic nitrogens is 3. The quantitative estimate of drug-likeness (QED) is 0.468. The first-order valence-electron chi connectivity index (χ1n) is 5.14. The molecule has 0 atom stereocenters. The molecule has 0 radical (unpaired) electrons. The van der Waals surface area contributed by atoms with Crippen molar-refractivity contribution >= 4 is 28.7 Å². The lowest BCUT2D eigenvalue weighted by atomic mass is 9.94. The van der Waals surface area contributed by atoms with E-state index in [1.54, 1.807) is 0 Å². The summed E-state index contributed by atoms with van der Waals surface area (Å²) in [6.45, 7) is 0. The zero-order valence-electron chi connectivity index (χ0n) is 9.46. The molecule has 8 nitrogen and oxygen atoms in total. The molecule has 1 aromatic heterocycles. The SMILES string of the molecule is O=S(=O)(NCB(O)O)c1ccc(-c2n[nH][nH]2)cc1Cl. The summed E-state index contributed by atoms with van der Waals surface area (Å²) in [7, 11) is -5.67. The molecule has 0 aliphatic heterocycles. The van der Waals surface area contributed by atoms with Gasteiger partial charge in [-0.15, -0.1) is 5.10 Å². The van der Waals surface area contributed by atoms with E-state index >= 15 is 0 Å². The maximum absolute atomic E-state index is 11.8. The Morgan fingerprint density at radius 1 is 1.42 bits per heavy atom. The number of halogens is 1. The summed E-state index contributed by atoms with van der Waals surface area (Å²) in [6.07, 6.45) is -0.515. The van der Waals surface area contributed by atoms with Crippen molar-refractivity contribution in [3.63, 3.8) is 0 Å². The molecule has 11 heteroatoms. The number of nitrogens with zero attached hydrogens (tertiary/aromatic N) is 1. The van der Waals surface area contributed by atoms with E-state index in [0.29, 0.717) is 11.4 Å². The number of hydrogen-bond donors (Lipinski definition) is 5. The van der Waals surface area contributed by atoms with Gasteiger partial charge < -0.3 is 10.0 Å². The third-order valence-corrected chi connectivity index (χ3v) is 4.20. The molecule has 0 aliphatic carbocycles. The topological polar surface area (TPSA) is 131 Å². The van der Waals surface area contributed by atoms with Crippen molar-refractivity contribution in [3.8, 4) is 11.4 Å². The molecule has 1 heterocycles. The smallest absolute Gasteiger partial charge is 0.426 e. The van der Waals surface area contributed by atoms with Crippen LogP contribution >= 0.6 is 11.6 Å². The van der Waals surface area contributed by atoms with Crippen LogP contribution in [0.5, 0.6) is 0 Å². The lowest BCUT2D eigenvalue weighted by Gasteiger charge is -2.10. The van der Waals surface area contributed by atoms with Gasteiger partial charge in [0.25, 0.3) is 0 Å². The number of hydrogen-bond acceptors (Lipinski definition) is 5. The molecule has 0 unspecified atom stereocenters. The summed E-state index contributed by atoms with van der Waals surface area (Å²) in [4.78, 5) is -0.147. The zero-order valence-corrected chi connectivity index (χ0v) is 11.0. The number of benzene rings is 1. The fourth-order valence-electron chi connectivity index (χ4n) is 1.38. The predicted octanol–water partition coefficient (Wildman–Crippen LogP) is -0.651. The molecule has 0 bridgehead atoms. The van der Waals surface area contributed by atoms with Gasteiger partial charge in [0.05, 0.1) is 5.02 Å². The van der Waals surface area contributed by atoms with Crippen LogP contribution in [0.25, 0.3) is 11.4 Å². The number of sulfonamides is 1. The van der Waals surface area contributed by atoms with Gasteiger partial charge in [0.1, 0.15) is 4.90 Å². The van der Waals surface area contributed by atoms with Gasteiger partial charge in [0, 0.05) is 12.0 Å². The highest BCUT2D eigenvalue weighted by molar-refractivity contribution is 7.89. The third kappa shape index (κ3) is 3.17. The zero-order chi connectivity index (χ0) is 14.0. The van der Waals surface area contributed by atoms with E-state index in [1.165, 1.54) is 18.2 Å². The monoisotopic (exact) mass is 304 g/mol. The van der Waals surface area contributed by atoms with Crippen LogP contribution in [0.4, 0.5) is 0 Å². The highest BCUT2D eigenvalue weighted by atomic mass is 35.5. The minimum atomic E-state index is -3.90. The number of aromatic amines is 2. The van der Waals surface area contributed by atoms with Gasteiger partial charge in [-0.2, -0.15) is 0 Å². The summed E-state index contributed by atoms with van der Waals surface area (Å²) in [5, 5.41) is 26.3. The normalized spacial score (nSPS) is 11.7. The van der Waals surface area contributed by atoms with E-state index in [2.05, 4.69) is 15.4 Å². The molecule has 0 aliphatic rings. The highest BCUT2D eigenvalue weighted by Crippen LogP contribution is 2.26. The van der Waals surface area contributed by atoms with Crippen molar-refractivity contribution in [2.24, 2.45) is 0 Å². The Morgan fingerprint density at radius 3 is 2.58 bits per heavy atom. The molecule has 0 spiro atoms. The second-order valence-electron chi connectivity index (χ2n) is 3.67. The molecule has 0 fully saturated rings. The van der Waals surface area contributed by atoms with Gasteiger partial charge in [-0.05, 0) is 18.2 Å². The summed E-state index contributed by atoms with van der Waals surface area (Å²) in [6, 6.07) is 4.28. The van der Waals surface area contributed by atoms with Crippen LogP contribution in [0.3, 0.4) is 0 Å². The standard InChI is InChI=1S/C8H10BClN4O4S/c10-6-3-5(8-12-14-13-8)1-2-7(6)19(17,18)11-4-9(15)16/h1-3,11,14-16H,4H2,(H,12,13). The van der Waals surface area contributed by atoms with E-state index in [4.69, 9.17) is 21.6 Å². The Bertz CT molecular complexity index is 659. The molecule has 2 rings (SSSR count). The average molecular weight is 305 g/mol. The Hall–Kier alpha value is -1.33. The minimum Gasteiger partial charge on any atom is -0.426 e. The average Bonchev–Trinajstić information content (AvgIpc) is 2.24. The maximum atomic E-state index is 11.8. The molecule has 0 amide bonds. The number of nitrogens with one attached hydrogen (secondary N) is 3. The van der Waals surface area contributed by atoms with E-state index in [0.717, 1.165) is 0 Å². The van der Waals surface area contributed by atoms with E-state index in [-0.39, 0.29) is 9.92 Å². The summed E-state index contributed by atoms with van der Waals surface area (Å²) in [5.74, 6) is 0.546. The lowest BCUT2D eigenvalue weighted by molar-refractivity contribution is 0.404. The minimum absolute atomic E-state index is 0.00818. The number of H-pyrrole nitrogens is 2. The molecule has 0 saturated heterocycles. The Balaban J connectivity index is 2.27. The van der Waals surface area contributed by atoms with Crippen molar-refractivity contribution in [2.75, 3.05) is 6.44 Å². The lowest BCUT2D eigenvalue weighted by Crippen LogP contribution is -2.35. The highest BCUT2D eigenvalue weighted by Gasteiger charge is 2.21. The molecule has 5 N–H and O–H groups in total. The van der Waals surface area contributed by atoms with Crippen LogP contribution in [0.1, 0.15) is 0 Å². The van der Waals surface area contributed by atoms with E-state index in [9.17, 15) is 8.42 Å². The van der Waals surface area contributed by atoms with Crippen LogP contribution in [0, 0.1) is 0 Å². The molecule has 19 heavy (non-hydrogen) atoms. The molecule has 1 aromatic carbocycles. The molecular formula is C8H10BClN4O4S. The molecule has 0 saturated carbocycles. The van der Waals surface area contributed by atoms with Crippen molar-refractivity contribution in [1.82, 2.24) is 20.1 Å². The van der Waals surface area contributed by atoms with Gasteiger partial charge in [-0.1, -0.05) is 11.6 Å². The maximum Gasteiger partial charge on any atom is 0.467 e. The Labute approximate surface area is 114 Å². The van der Waals surface area contributed by atoms with Crippen molar-refractivity contribution < 1.29 is 18.5 Å². The predicted molar refractivity (Wildman–Crippen MR) is 68.8 cm³/mol. The fourth-order valence-corrected chi connectivity index (χ4v) is 2.95. The van der Waals surface area contributed by atoms with Gasteiger partial charge in [-0.3, -0.25) is 5.10 Å². The van der Waals surface area contributed by atoms with Crippen LogP contribution in [-0.2, 0) is 10.0 Å². The van der Waals surface area contributed by atoms with Crippen molar-refractivity contribution in [2.45, 2.75) is 4.90 Å². The molecule has 2 aromatic rings. The first-order chi connectivity index (χ1) is 8.90. The van der Waals surface area contributed by atoms with Gasteiger partial charge in [0.15, 0.2) is 5.82 Å². The van der Waals surface area contributed by atoms with E-state index < -0.39 is 23.6 Å². The van der Waals surface area contributed by atoms with Gasteiger partial charge in [-0.25, -0.2) is 18.4 Å². The third-order valence-electron chi connectivity index (χ3n) is 2.29. The summed E-state index contributed by atoms with van der Waals surface area (Å²) < 4.78 is 25.7. The van der Waals surface area contributed by atoms with Gasteiger partial charge in [0.2, 0.25) is 10.0 Å². The Morgan fingerprint density at radius 2 is 2.11 bits per heavy atom. The summed E-state index contributed by atoms with van der Waals surface area (Å²) >= 11 is 5.91. The van der Waals surface area contributed by atoms with Crippen LogP contribution in [0.2, 0.25) is 5.02 Å². The molecule has 102 valence electrons. The van der Waals surface area contributed by atoms with Crippen LogP contribution < -0.4 is 4.72 Å². The second-order valence-corrected chi connectivity index (χ2v) is 5.82. The Kier molecular flexibility index (Phi) is 3.97. The fraction of sp³-hybridized carbons (Fsp3) is 0.125. The largest absolute Gasteiger partial charge is 0.467 e. The van der Waals surface area contributed by atoms with Gasteiger partial charge >= 0.3 is 7.12 Å². The van der Waals surface area contributed by atoms with Crippen LogP contribution in [0.15, 0.2) is 23.1 Å². The number of rotatable bonds is 5. The van der Waals surface area contributed by atoms with Crippen molar-refractivity contribution in [3.05, 3.63) is 23.2 Å². The van der Waals surface area contributed by atoms with Crippen LogP contribution in [-0.4, -0.2) is 47.4 Å². The first-order valence-corrected chi connectivity index (χ1v) is 7.01. The first kappa shape index (κ1) is 14.1. The van der Waals surface area contributed by atoms with Crippen molar-refractivity contribution in [1.29, 1.82) is 0 Å². The molecular weight excluding hydrogens is 294 g/mol. The van der Waals surface area contributed by atoms with E-state index in [1.807, 2.05) is 4.72 Å². The summed E-state index contributed by atoms with van der Waals surface area (Å²) in [5.41, 5.74) is 0.630.